The monoisotopic (exact) mass is 787 g/mol. The first-order valence-corrected chi connectivity index (χ1v) is 19.6. The summed E-state index contributed by atoms with van der Waals surface area (Å²) < 4.78 is 7.57. The van der Waals surface area contributed by atoms with E-state index < -0.39 is 0 Å². The van der Waals surface area contributed by atoms with Crippen LogP contribution in [0.15, 0.2) is 51.9 Å². The lowest BCUT2D eigenvalue weighted by molar-refractivity contribution is -0.134. The highest BCUT2D eigenvalue weighted by Crippen LogP contribution is 2.44. The molecule has 4 fully saturated rings. The summed E-state index contributed by atoms with van der Waals surface area (Å²) in [5, 5.41) is 10.2. The average Bonchev–Trinajstić information content (AvgIpc) is 3.15. The van der Waals surface area contributed by atoms with Crippen LogP contribution in [0.25, 0.3) is 0 Å². The molecule has 4 saturated heterocycles. The number of carbonyl (C=O) groups is 3. The first-order chi connectivity index (χ1) is 25.4. The van der Waals surface area contributed by atoms with Gasteiger partial charge in [0.25, 0.3) is 11.5 Å². The van der Waals surface area contributed by atoms with Gasteiger partial charge in [0.2, 0.25) is 11.8 Å². The first-order valence-electron chi connectivity index (χ1n) is 18.8. The number of hydrogen-bond donors (Lipinski definition) is 2. The Hall–Kier alpha value is -4.23. The van der Waals surface area contributed by atoms with Crippen LogP contribution in [-0.4, -0.2) is 96.8 Å². The van der Waals surface area contributed by atoms with Crippen LogP contribution in [0.5, 0.6) is 5.75 Å². The number of amides is 3. The third kappa shape index (κ3) is 7.73. The first kappa shape index (κ1) is 37.1. The second kappa shape index (κ2) is 15.3. The standard InChI is InChI=1S/C40H50BrN7O5/c1-25-19-31(30-9-10-35(49)44-37(30)50)34(53-4)21-33(25)47-15-11-40(12-16-47)13-17-48(18-14-40)38(51)27-7-5-26(6-8-27)28-20-29(24-45(2)23-28)43-32-22-42-46(3)39(52)36(32)41/h5-8,19,21-22,28-30,43H,9-18,20,23-24H2,1-4H3,(H,44,49,50)/t28-,29+,30?/m0/s1. The number of nitrogens with one attached hydrogen (secondary N) is 2. The SMILES string of the molecule is COc1cc(N2CCC3(CCN(C(=O)c4ccc([C@H]5C[C@@H](Nc6cnn(C)c(=O)c6Br)CN(C)C5)cc4)CC3)CC2)c(C)cc1C1CCC(=O)NC1=O. The molecule has 0 saturated carbocycles. The van der Waals surface area contributed by atoms with Gasteiger partial charge in [-0.05, 0) is 109 Å². The van der Waals surface area contributed by atoms with Crippen LogP contribution in [0.1, 0.15) is 83.8 Å². The number of carbonyl (C=O) groups excluding carboxylic acids is 3. The zero-order valence-electron chi connectivity index (χ0n) is 31.1. The molecule has 4 aliphatic heterocycles. The predicted molar refractivity (Wildman–Crippen MR) is 208 cm³/mol. The Morgan fingerprint density at radius 3 is 2.38 bits per heavy atom. The molecule has 3 amide bonds. The van der Waals surface area contributed by atoms with E-state index in [-0.39, 0.29) is 40.7 Å². The van der Waals surface area contributed by atoms with Crippen molar-refractivity contribution in [1.82, 2.24) is 24.9 Å². The predicted octanol–water partition coefficient (Wildman–Crippen LogP) is 4.80. The molecule has 12 nitrogen and oxygen atoms in total. The van der Waals surface area contributed by atoms with Crippen molar-refractivity contribution in [1.29, 1.82) is 0 Å². The van der Waals surface area contributed by atoms with E-state index in [9.17, 15) is 19.2 Å². The molecule has 1 aromatic heterocycles. The summed E-state index contributed by atoms with van der Waals surface area (Å²) in [5.74, 6) is 0.227. The van der Waals surface area contributed by atoms with Gasteiger partial charge in [-0.2, -0.15) is 5.10 Å². The molecule has 0 bridgehead atoms. The number of likely N-dealkylation sites (tertiary alicyclic amines) is 2. The quantitative estimate of drug-likeness (QED) is 0.325. The smallest absolute Gasteiger partial charge is 0.282 e. The van der Waals surface area contributed by atoms with E-state index >= 15 is 0 Å². The van der Waals surface area contributed by atoms with E-state index in [0.29, 0.717) is 34.7 Å². The Labute approximate surface area is 319 Å². The fourth-order valence-electron chi connectivity index (χ4n) is 8.96. The van der Waals surface area contributed by atoms with Crippen LogP contribution >= 0.6 is 15.9 Å². The summed E-state index contributed by atoms with van der Waals surface area (Å²) in [5.41, 5.74) is 5.78. The largest absolute Gasteiger partial charge is 0.496 e. The molecule has 0 aliphatic carbocycles. The van der Waals surface area contributed by atoms with E-state index in [0.717, 1.165) is 93.8 Å². The summed E-state index contributed by atoms with van der Waals surface area (Å²) in [4.78, 5) is 57.1. The molecule has 2 aromatic carbocycles. The van der Waals surface area contributed by atoms with Crippen molar-refractivity contribution in [3.63, 3.8) is 0 Å². The van der Waals surface area contributed by atoms with Crippen molar-refractivity contribution in [2.75, 3.05) is 63.6 Å². The maximum atomic E-state index is 13.7. The molecule has 1 spiro atoms. The minimum Gasteiger partial charge on any atom is -0.496 e. The number of hydrogen-bond acceptors (Lipinski definition) is 9. The van der Waals surface area contributed by atoms with E-state index in [1.807, 2.05) is 17.0 Å². The van der Waals surface area contributed by atoms with Gasteiger partial charge in [0.05, 0.1) is 24.9 Å². The number of likely N-dealkylation sites (N-methyl/N-ethyl adjacent to an activating group) is 1. The van der Waals surface area contributed by atoms with Crippen LogP contribution in [-0.2, 0) is 16.6 Å². The number of aromatic nitrogens is 2. The van der Waals surface area contributed by atoms with Gasteiger partial charge in [0.15, 0.2) is 0 Å². The van der Waals surface area contributed by atoms with Crippen LogP contribution < -0.4 is 25.8 Å². The van der Waals surface area contributed by atoms with E-state index in [1.165, 1.54) is 10.2 Å². The Kier molecular flexibility index (Phi) is 10.7. The molecule has 1 unspecified atom stereocenters. The van der Waals surface area contributed by atoms with E-state index in [2.05, 4.69) is 79.7 Å². The molecule has 7 rings (SSSR count). The fraction of sp³-hybridized carbons (Fsp3) is 0.525. The lowest BCUT2D eigenvalue weighted by atomic mass is 9.71. The summed E-state index contributed by atoms with van der Waals surface area (Å²) in [7, 11) is 5.39. The Morgan fingerprint density at radius 2 is 1.70 bits per heavy atom. The van der Waals surface area contributed by atoms with Gasteiger partial charge in [-0.25, -0.2) is 4.68 Å². The van der Waals surface area contributed by atoms with E-state index in [1.54, 1.807) is 20.4 Å². The van der Waals surface area contributed by atoms with Crippen LogP contribution in [0.2, 0.25) is 0 Å². The number of nitrogens with zero attached hydrogens (tertiary/aromatic N) is 5. The number of imide groups is 1. The van der Waals surface area contributed by atoms with Crippen molar-refractivity contribution in [2.24, 2.45) is 12.5 Å². The Bertz CT molecular complexity index is 1930. The summed E-state index contributed by atoms with van der Waals surface area (Å²) in [6, 6.07) is 12.5. The molecule has 4 aliphatic rings. The maximum Gasteiger partial charge on any atom is 0.282 e. The molecule has 0 radical (unpaired) electrons. The highest BCUT2D eigenvalue weighted by molar-refractivity contribution is 9.10. The molecular weight excluding hydrogens is 738 g/mol. The van der Waals surface area contributed by atoms with Crippen molar-refractivity contribution >= 4 is 45.0 Å². The number of ether oxygens (including phenoxy) is 1. The fourth-order valence-corrected chi connectivity index (χ4v) is 9.44. The molecule has 3 atom stereocenters. The van der Waals surface area contributed by atoms with Gasteiger partial charge in [-0.1, -0.05) is 12.1 Å². The highest BCUT2D eigenvalue weighted by Gasteiger charge is 2.39. The number of benzene rings is 2. The highest BCUT2D eigenvalue weighted by atomic mass is 79.9. The second-order valence-electron chi connectivity index (χ2n) is 15.6. The van der Waals surface area contributed by atoms with Crippen molar-refractivity contribution < 1.29 is 19.1 Å². The number of anilines is 2. The summed E-state index contributed by atoms with van der Waals surface area (Å²) in [6.07, 6.45) is 7.57. The number of aryl methyl sites for hydroxylation is 2. The van der Waals surface area contributed by atoms with Crippen molar-refractivity contribution in [3.05, 3.63) is 79.7 Å². The lowest BCUT2D eigenvalue weighted by Gasteiger charge is -2.47. The maximum absolute atomic E-state index is 13.7. The van der Waals surface area contributed by atoms with Gasteiger partial charge in [-0.15, -0.1) is 0 Å². The van der Waals surface area contributed by atoms with Gasteiger partial charge < -0.3 is 24.8 Å². The van der Waals surface area contributed by atoms with Gasteiger partial charge in [-0.3, -0.25) is 24.5 Å². The zero-order chi connectivity index (χ0) is 37.4. The molecule has 2 N–H and O–H groups in total. The molecule has 53 heavy (non-hydrogen) atoms. The molecule has 5 heterocycles. The number of piperidine rings is 4. The van der Waals surface area contributed by atoms with Gasteiger partial charge in [0, 0.05) is 81.7 Å². The molecule has 13 heteroatoms. The van der Waals surface area contributed by atoms with Crippen molar-refractivity contribution in [3.8, 4) is 5.75 Å². The third-order valence-corrected chi connectivity index (χ3v) is 12.9. The van der Waals surface area contributed by atoms with Crippen molar-refractivity contribution in [2.45, 2.75) is 69.7 Å². The van der Waals surface area contributed by atoms with Crippen LogP contribution in [0, 0.1) is 12.3 Å². The topological polar surface area (TPSA) is 129 Å². The normalized spacial score (nSPS) is 23.5. The molecular formula is C40H50BrN7O5. The number of halogens is 1. The summed E-state index contributed by atoms with van der Waals surface area (Å²) >= 11 is 3.43. The Morgan fingerprint density at radius 1 is 1.00 bits per heavy atom. The molecule has 3 aromatic rings. The van der Waals surface area contributed by atoms with Crippen LogP contribution in [0.3, 0.4) is 0 Å². The summed E-state index contributed by atoms with van der Waals surface area (Å²) in [6.45, 7) is 7.26. The van der Waals surface area contributed by atoms with Gasteiger partial charge in [0.1, 0.15) is 10.2 Å². The second-order valence-corrected chi connectivity index (χ2v) is 16.4. The zero-order valence-corrected chi connectivity index (χ0v) is 32.7. The third-order valence-electron chi connectivity index (χ3n) is 12.1. The van der Waals surface area contributed by atoms with Gasteiger partial charge >= 0.3 is 0 Å². The number of methoxy groups -OCH3 is 1. The number of rotatable bonds is 7. The van der Waals surface area contributed by atoms with E-state index in [4.69, 9.17) is 4.74 Å². The molecule has 282 valence electrons. The van der Waals surface area contributed by atoms with Crippen LogP contribution in [0.4, 0.5) is 11.4 Å². The average molecular weight is 789 g/mol. The Balaban J connectivity index is 0.930. The lowest BCUT2D eigenvalue weighted by Crippen LogP contribution is -2.48. The minimum absolute atomic E-state index is 0.103. The minimum atomic E-state index is -0.388.